The van der Waals surface area contributed by atoms with E-state index in [1.807, 2.05) is 0 Å². The molecule has 0 aromatic carbocycles. The molecule has 1 atom stereocenters. The van der Waals surface area contributed by atoms with Crippen molar-refractivity contribution in [3.05, 3.63) is 13.2 Å². The fourth-order valence-corrected chi connectivity index (χ4v) is 1.43. The van der Waals surface area contributed by atoms with E-state index in [2.05, 4.69) is 13.2 Å². The average molecular weight is 229 g/mol. The Morgan fingerprint density at radius 3 is 2.69 bits per heavy atom. The van der Waals surface area contributed by atoms with Crippen LogP contribution in [-0.4, -0.2) is 48.2 Å². The number of ether oxygens (including phenoxy) is 1. The molecule has 1 heterocycles. The first kappa shape index (κ1) is 14.6. The number of aliphatic hydroxyl groups is 1. The third-order valence-electron chi connectivity index (χ3n) is 2.30. The molecule has 92 valence electrons. The van der Waals surface area contributed by atoms with Crippen molar-refractivity contribution < 1.29 is 19.4 Å². The molecule has 0 aromatic rings. The highest BCUT2D eigenvalue weighted by Gasteiger charge is 2.29. The van der Waals surface area contributed by atoms with Gasteiger partial charge in [0.2, 0.25) is 0 Å². The van der Waals surface area contributed by atoms with Crippen LogP contribution in [0.1, 0.15) is 13.3 Å². The van der Waals surface area contributed by atoms with Crippen molar-refractivity contribution in [2.75, 3.05) is 26.3 Å². The third kappa shape index (κ3) is 4.02. The summed E-state index contributed by atoms with van der Waals surface area (Å²) in [5, 5.41) is 8.83. The van der Waals surface area contributed by atoms with E-state index in [-0.39, 0.29) is 24.9 Å². The highest BCUT2D eigenvalue weighted by molar-refractivity contribution is 5.87. The number of carbonyl (C=O) groups is 2. The van der Waals surface area contributed by atoms with Gasteiger partial charge >= 0.3 is 6.09 Å². The molecule has 1 aliphatic rings. The van der Waals surface area contributed by atoms with Crippen LogP contribution in [-0.2, 0) is 9.53 Å². The maximum atomic E-state index is 11.3. The number of hydrogen-bond donors (Lipinski definition) is 1. The van der Waals surface area contributed by atoms with Gasteiger partial charge in [0.25, 0.3) is 0 Å². The van der Waals surface area contributed by atoms with E-state index in [1.165, 1.54) is 4.90 Å². The minimum atomic E-state index is -0.447. The molecule has 0 bridgehead atoms. The van der Waals surface area contributed by atoms with Crippen LogP contribution in [0.2, 0.25) is 0 Å². The summed E-state index contributed by atoms with van der Waals surface area (Å²) in [4.78, 5) is 23.9. The van der Waals surface area contributed by atoms with Gasteiger partial charge < -0.3 is 14.7 Å². The van der Waals surface area contributed by atoms with Gasteiger partial charge in [-0.2, -0.15) is 0 Å². The number of amides is 1. The SMILES string of the molecule is C=C.CCOC(=O)N1CCC(CO)C(=O)C1. The van der Waals surface area contributed by atoms with Crippen LogP contribution < -0.4 is 0 Å². The zero-order chi connectivity index (χ0) is 12.6. The Morgan fingerprint density at radius 1 is 1.62 bits per heavy atom. The molecule has 16 heavy (non-hydrogen) atoms. The van der Waals surface area contributed by atoms with Gasteiger partial charge in [-0.25, -0.2) is 4.79 Å². The van der Waals surface area contributed by atoms with Crippen molar-refractivity contribution in [3.63, 3.8) is 0 Å². The Bertz CT molecular complexity index is 240. The topological polar surface area (TPSA) is 66.8 Å². The molecule has 0 saturated carbocycles. The number of nitrogens with zero attached hydrogens (tertiary/aromatic N) is 1. The molecule has 0 aliphatic carbocycles. The first-order chi connectivity index (χ1) is 7.69. The van der Waals surface area contributed by atoms with Crippen LogP contribution in [0.25, 0.3) is 0 Å². The Hall–Kier alpha value is -1.36. The maximum Gasteiger partial charge on any atom is 0.410 e. The number of ketones is 1. The van der Waals surface area contributed by atoms with E-state index in [0.29, 0.717) is 19.6 Å². The minimum Gasteiger partial charge on any atom is -0.450 e. The lowest BCUT2D eigenvalue weighted by Crippen LogP contribution is -2.45. The van der Waals surface area contributed by atoms with Crippen molar-refractivity contribution in [1.29, 1.82) is 0 Å². The van der Waals surface area contributed by atoms with Crippen molar-refractivity contribution in [2.45, 2.75) is 13.3 Å². The molecule has 1 unspecified atom stereocenters. The molecule has 5 heteroatoms. The fraction of sp³-hybridized carbons (Fsp3) is 0.636. The molecule has 0 spiro atoms. The normalized spacial score (nSPS) is 19.8. The highest BCUT2D eigenvalue weighted by Crippen LogP contribution is 2.13. The van der Waals surface area contributed by atoms with E-state index in [4.69, 9.17) is 9.84 Å². The predicted molar refractivity (Wildman–Crippen MR) is 60.0 cm³/mol. The molecule has 1 aliphatic heterocycles. The second-order valence-electron chi connectivity index (χ2n) is 3.25. The third-order valence-corrected chi connectivity index (χ3v) is 2.30. The smallest absolute Gasteiger partial charge is 0.410 e. The molecule has 0 radical (unpaired) electrons. The van der Waals surface area contributed by atoms with Crippen LogP contribution in [0.4, 0.5) is 4.79 Å². The summed E-state index contributed by atoms with van der Waals surface area (Å²) in [6.45, 7) is 8.45. The first-order valence-corrected chi connectivity index (χ1v) is 5.24. The van der Waals surface area contributed by atoms with E-state index in [9.17, 15) is 9.59 Å². The maximum absolute atomic E-state index is 11.3. The molecule has 0 aromatic heterocycles. The molecule has 1 fully saturated rings. The summed E-state index contributed by atoms with van der Waals surface area (Å²) in [6.07, 6.45) is 0.0750. The van der Waals surface area contributed by atoms with Crippen LogP contribution in [0, 0.1) is 5.92 Å². The van der Waals surface area contributed by atoms with Crippen LogP contribution in [0.5, 0.6) is 0 Å². The molecule has 1 saturated heterocycles. The van der Waals surface area contributed by atoms with Crippen molar-refractivity contribution >= 4 is 11.9 Å². The number of aliphatic hydroxyl groups excluding tert-OH is 1. The molecular formula is C11H19NO4. The highest BCUT2D eigenvalue weighted by atomic mass is 16.6. The number of Topliss-reactive ketones (excluding diaryl/α,β-unsaturated/α-hetero) is 1. The zero-order valence-electron chi connectivity index (χ0n) is 9.65. The zero-order valence-corrected chi connectivity index (χ0v) is 9.65. The van der Waals surface area contributed by atoms with Crippen molar-refractivity contribution in [1.82, 2.24) is 4.90 Å². The Balaban J connectivity index is 0.00000106. The van der Waals surface area contributed by atoms with E-state index in [0.717, 1.165) is 0 Å². The second kappa shape index (κ2) is 7.87. The van der Waals surface area contributed by atoms with Crippen LogP contribution in [0.15, 0.2) is 13.2 Å². The molecular weight excluding hydrogens is 210 g/mol. The monoisotopic (exact) mass is 229 g/mol. The minimum absolute atomic E-state index is 0.0596. The van der Waals surface area contributed by atoms with Gasteiger partial charge in [-0.05, 0) is 13.3 Å². The number of piperidine rings is 1. The number of carbonyl (C=O) groups excluding carboxylic acids is 2. The average Bonchev–Trinajstić information content (AvgIpc) is 2.32. The number of rotatable bonds is 2. The van der Waals surface area contributed by atoms with E-state index in [1.54, 1.807) is 6.92 Å². The van der Waals surface area contributed by atoms with Gasteiger partial charge in [-0.1, -0.05) is 0 Å². The van der Waals surface area contributed by atoms with Crippen LogP contribution in [0.3, 0.4) is 0 Å². The standard InChI is InChI=1S/C9H15NO4.C2H4/c1-2-14-9(13)10-4-3-7(6-11)8(12)5-10;1-2/h7,11H,2-6H2,1H3;1-2H2. The van der Waals surface area contributed by atoms with Gasteiger partial charge in [-0.15, -0.1) is 13.2 Å². The Kier molecular flexibility index (Phi) is 7.20. The quantitative estimate of drug-likeness (QED) is 0.712. The largest absolute Gasteiger partial charge is 0.450 e. The van der Waals surface area contributed by atoms with Gasteiger partial charge in [0.1, 0.15) is 0 Å². The van der Waals surface area contributed by atoms with Gasteiger partial charge in [0.05, 0.1) is 19.8 Å². The fourth-order valence-electron chi connectivity index (χ4n) is 1.43. The summed E-state index contributed by atoms with van der Waals surface area (Å²) in [5.74, 6) is -0.396. The lowest BCUT2D eigenvalue weighted by atomic mass is 9.97. The molecule has 1 N–H and O–H groups in total. The molecule has 1 amide bonds. The number of likely N-dealkylation sites (tertiary alicyclic amines) is 1. The lowest BCUT2D eigenvalue weighted by Gasteiger charge is -2.28. The summed E-state index contributed by atoms with van der Waals surface area (Å²) in [7, 11) is 0. The van der Waals surface area contributed by atoms with Crippen molar-refractivity contribution in [3.8, 4) is 0 Å². The van der Waals surface area contributed by atoms with Gasteiger partial charge in [0, 0.05) is 12.5 Å². The Morgan fingerprint density at radius 2 is 2.25 bits per heavy atom. The van der Waals surface area contributed by atoms with Gasteiger partial charge in [-0.3, -0.25) is 4.79 Å². The predicted octanol–water partition coefficient (Wildman–Crippen LogP) is 0.828. The number of hydrogen-bond acceptors (Lipinski definition) is 4. The van der Waals surface area contributed by atoms with Crippen LogP contribution >= 0.6 is 0 Å². The van der Waals surface area contributed by atoms with E-state index >= 15 is 0 Å². The van der Waals surface area contributed by atoms with E-state index < -0.39 is 6.09 Å². The lowest BCUT2D eigenvalue weighted by molar-refractivity contribution is -0.127. The van der Waals surface area contributed by atoms with Gasteiger partial charge in [0.15, 0.2) is 5.78 Å². The van der Waals surface area contributed by atoms with Crippen molar-refractivity contribution in [2.24, 2.45) is 5.92 Å². The Labute approximate surface area is 95.7 Å². The summed E-state index contributed by atoms with van der Waals surface area (Å²) in [6, 6.07) is 0. The first-order valence-electron chi connectivity index (χ1n) is 5.24. The summed E-state index contributed by atoms with van der Waals surface area (Å²) >= 11 is 0. The second-order valence-corrected chi connectivity index (χ2v) is 3.25. The molecule has 1 rings (SSSR count). The summed E-state index contributed by atoms with van der Waals surface area (Å²) < 4.78 is 4.77. The molecule has 5 nitrogen and oxygen atoms in total. The summed E-state index contributed by atoms with van der Waals surface area (Å²) in [5.41, 5.74) is 0.